The number of ether oxygens (including phenoxy) is 1. The highest BCUT2D eigenvalue weighted by molar-refractivity contribution is 5.35. The minimum Gasteiger partial charge on any atom is -0.491 e. The number of hydrogen-bond donors (Lipinski definition) is 2. The minimum atomic E-state index is -0.592. The largest absolute Gasteiger partial charge is 0.491 e. The summed E-state index contributed by atoms with van der Waals surface area (Å²) in [7, 11) is 0. The van der Waals surface area contributed by atoms with Gasteiger partial charge in [0.25, 0.3) is 5.69 Å². The Morgan fingerprint density at radius 2 is 2.12 bits per heavy atom. The molecule has 0 aromatic heterocycles. The first-order chi connectivity index (χ1) is 8.13. The number of aliphatic hydroxyl groups is 1. The summed E-state index contributed by atoms with van der Waals surface area (Å²) in [5, 5.41) is 22.9. The molecule has 0 saturated carbocycles. The Morgan fingerprint density at radius 3 is 2.65 bits per heavy atom. The normalized spacial score (nSPS) is 12.1. The van der Waals surface area contributed by atoms with E-state index in [4.69, 9.17) is 4.74 Å². The van der Waals surface area contributed by atoms with E-state index in [0.717, 1.165) is 6.54 Å². The lowest BCUT2D eigenvalue weighted by Crippen LogP contribution is -2.31. The van der Waals surface area contributed by atoms with E-state index in [1.54, 1.807) is 0 Å². The fourth-order valence-electron chi connectivity index (χ4n) is 1.23. The summed E-state index contributed by atoms with van der Waals surface area (Å²) in [6, 6.07) is 5.76. The van der Waals surface area contributed by atoms with Crippen molar-refractivity contribution in [2.75, 3.05) is 19.7 Å². The van der Waals surface area contributed by atoms with E-state index in [2.05, 4.69) is 5.32 Å². The zero-order valence-electron chi connectivity index (χ0n) is 9.63. The predicted octanol–water partition coefficient (Wildman–Crippen LogP) is 0.944. The molecule has 6 nitrogen and oxygen atoms in total. The molecule has 17 heavy (non-hydrogen) atoms. The van der Waals surface area contributed by atoms with Gasteiger partial charge in [0.2, 0.25) is 0 Å². The van der Waals surface area contributed by atoms with Gasteiger partial charge >= 0.3 is 0 Å². The van der Waals surface area contributed by atoms with Crippen LogP contribution < -0.4 is 10.1 Å². The Balaban J connectivity index is 2.39. The van der Waals surface area contributed by atoms with Crippen LogP contribution in [-0.2, 0) is 0 Å². The zero-order chi connectivity index (χ0) is 12.7. The lowest BCUT2D eigenvalue weighted by atomic mass is 10.3. The van der Waals surface area contributed by atoms with Crippen molar-refractivity contribution in [3.63, 3.8) is 0 Å². The Hall–Kier alpha value is -1.66. The number of aliphatic hydroxyl groups excluding tert-OH is 1. The van der Waals surface area contributed by atoms with Crippen molar-refractivity contribution in [2.24, 2.45) is 0 Å². The van der Waals surface area contributed by atoms with E-state index in [1.165, 1.54) is 24.3 Å². The molecule has 0 amide bonds. The third-order valence-electron chi connectivity index (χ3n) is 2.12. The Bertz CT molecular complexity index is 353. The third-order valence-corrected chi connectivity index (χ3v) is 2.12. The van der Waals surface area contributed by atoms with E-state index in [9.17, 15) is 15.2 Å². The van der Waals surface area contributed by atoms with Crippen LogP contribution in [0, 0.1) is 10.1 Å². The lowest BCUT2D eigenvalue weighted by Gasteiger charge is -2.12. The summed E-state index contributed by atoms with van der Waals surface area (Å²) in [6.45, 7) is 3.35. The van der Waals surface area contributed by atoms with E-state index >= 15 is 0 Å². The van der Waals surface area contributed by atoms with Crippen LogP contribution >= 0.6 is 0 Å². The average molecular weight is 240 g/mol. The standard InChI is InChI=1S/C11H16N2O4/c1-2-12-7-10(14)8-17-11-5-3-9(4-6-11)13(15)16/h3-6,10,12,14H,2,7-8H2,1H3. The van der Waals surface area contributed by atoms with Crippen LogP contribution in [0.3, 0.4) is 0 Å². The molecule has 0 aliphatic carbocycles. The highest BCUT2D eigenvalue weighted by atomic mass is 16.6. The molecule has 1 atom stereocenters. The molecule has 0 bridgehead atoms. The molecule has 1 aromatic rings. The van der Waals surface area contributed by atoms with Gasteiger partial charge in [0.15, 0.2) is 0 Å². The molecule has 2 N–H and O–H groups in total. The number of nitrogens with one attached hydrogen (secondary N) is 1. The highest BCUT2D eigenvalue weighted by Crippen LogP contribution is 2.17. The first kappa shape index (κ1) is 13.4. The molecule has 0 saturated heterocycles. The SMILES string of the molecule is CCNCC(O)COc1ccc([N+](=O)[O-])cc1. The van der Waals surface area contributed by atoms with Crippen LogP contribution in [0.2, 0.25) is 0 Å². The van der Waals surface area contributed by atoms with Gasteiger partial charge in [-0.3, -0.25) is 10.1 Å². The number of likely N-dealkylation sites (N-methyl/N-ethyl adjacent to an activating group) is 1. The molecule has 0 aliphatic heterocycles. The maximum atomic E-state index is 10.4. The van der Waals surface area contributed by atoms with Crippen LogP contribution in [0.4, 0.5) is 5.69 Å². The van der Waals surface area contributed by atoms with Crippen LogP contribution in [0.5, 0.6) is 5.75 Å². The molecule has 1 unspecified atom stereocenters. The molecule has 0 radical (unpaired) electrons. The molecular weight excluding hydrogens is 224 g/mol. The van der Waals surface area contributed by atoms with Crippen LogP contribution in [-0.4, -0.2) is 35.8 Å². The van der Waals surface area contributed by atoms with Gasteiger partial charge in [0.1, 0.15) is 18.5 Å². The second kappa shape index (κ2) is 6.82. The van der Waals surface area contributed by atoms with Crippen molar-refractivity contribution in [1.82, 2.24) is 5.32 Å². The quantitative estimate of drug-likeness (QED) is 0.547. The fraction of sp³-hybridized carbons (Fsp3) is 0.455. The summed E-state index contributed by atoms with van der Waals surface area (Å²) in [4.78, 5) is 9.94. The molecule has 0 spiro atoms. The second-order valence-corrected chi connectivity index (χ2v) is 3.52. The second-order valence-electron chi connectivity index (χ2n) is 3.52. The number of non-ortho nitro benzene ring substituents is 1. The molecule has 6 heteroatoms. The summed E-state index contributed by atoms with van der Waals surface area (Å²) in [6.07, 6.45) is -0.592. The Labute approximate surface area is 99.4 Å². The molecule has 0 aliphatic rings. The summed E-state index contributed by atoms with van der Waals surface area (Å²) >= 11 is 0. The highest BCUT2D eigenvalue weighted by Gasteiger charge is 2.06. The van der Waals surface area contributed by atoms with Crippen molar-refractivity contribution in [3.05, 3.63) is 34.4 Å². The van der Waals surface area contributed by atoms with Crippen molar-refractivity contribution >= 4 is 5.69 Å². The molecule has 1 rings (SSSR count). The maximum Gasteiger partial charge on any atom is 0.269 e. The predicted molar refractivity (Wildman–Crippen MR) is 63.1 cm³/mol. The van der Waals surface area contributed by atoms with Crippen molar-refractivity contribution in [2.45, 2.75) is 13.0 Å². The van der Waals surface area contributed by atoms with Crippen LogP contribution in [0.1, 0.15) is 6.92 Å². The van der Waals surface area contributed by atoms with Gasteiger partial charge in [-0.2, -0.15) is 0 Å². The number of hydrogen-bond acceptors (Lipinski definition) is 5. The van der Waals surface area contributed by atoms with Crippen LogP contribution in [0.25, 0.3) is 0 Å². The number of nitro benzene ring substituents is 1. The van der Waals surface area contributed by atoms with Crippen molar-refractivity contribution in [3.8, 4) is 5.75 Å². The van der Waals surface area contributed by atoms with E-state index in [0.29, 0.717) is 12.3 Å². The molecule has 94 valence electrons. The Morgan fingerprint density at radius 1 is 1.47 bits per heavy atom. The first-order valence-corrected chi connectivity index (χ1v) is 5.39. The number of benzene rings is 1. The number of nitrogens with zero attached hydrogens (tertiary/aromatic N) is 1. The summed E-state index contributed by atoms with van der Waals surface area (Å²) < 4.78 is 5.29. The monoisotopic (exact) mass is 240 g/mol. The summed E-state index contributed by atoms with van der Waals surface area (Å²) in [5.41, 5.74) is 0.0190. The maximum absolute atomic E-state index is 10.4. The van der Waals surface area contributed by atoms with E-state index < -0.39 is 11.0 Å². The van der Waals surface area contributed by atoms with Gasteiger partial charge in [-0.15, -0.1) is 0 Å². The van der Waals surface area contributed by atoms with Gasteiger partial charge in [-0.25, -0.2) is 0 Å². The third kappa shape index (κ3) is 4.80. The number of rotatable bonds is 7. The zero-order valence-corrected chi connectivity index (χ0v) is 9.63. The topological polar surface area (TPSA) is 84.6 Å². The number of nitro groups is 1. The molecule has 1 aromatic carbocycles. The van der Waals surface area contributed by atoms with Gasteiger partial charge in [-0.05, 0) is 18.7 Å². The average Bonchev–Trinajstić information content (AvgIpc) is 2.34. The van der Waals surface area contributed by atoms with Gasteiger partial charge in [0.05, 0.1) is 4.92 Å². The van der Waals surface area contributed by atoms with Gasteiger partial charge in [0, 0.05) is 18.7 Å². The lowest BCUT2D eigenvalue weighted by molar-refractivity contribution is -0.384. The van der Waals surface area contributed by atoms with Crippen LogP contribution in [0.15, 0.2) is 24.3 Å². The van der Waals surface area contributed by atoms with E-state index in [1.807, 2.05) is 6.92 Å². The first-order valence-electron chi connectivity index (χ1n) is 5.39. The van der Waals surface area contributed by atoms with Gasteiger partial charge in [-0.1, -0.05) is 6.92 Å². The smallest absolute Gasteiger partial charge is 0.269 e. The minimum absolute atomic E-state index is 0.0190. The molecule has 0 heterocycles. The molecule has 0 fully saturated rings. The fourth-order valence-corrected chi connectivity index (χ4v) is 1.23. The van der Waals surface area contributed by atoms with Gasteiger partial charge < -0.3 is 15.2 Å². The van der Waals surface area contributed by atoms with Crippen molar-refractivity contribution in [1.29, 1.82) is 0 Å². The van der Waals surface area contributed by atoms with E-state index in [-0.39, 0.29) is 12.3 Å². The van der Waals surface area contributed by atoms with Crippen molar-refractivity contribution < 1.29 is 14.8 Å². The Kier molecular flexibility index (Phi) is 5.38. The molecular formula is C11H16N2O4. The summed E-state index contributed by atoms with van der Waals surface area (Å²) in [5.74, 6) is 0.506.